The molecule has 0 amide bonds. The van der Waals surface area contributed by atoms with Gasteiger partial charge in [-0.2, -0.15) is 0 Å². The van der Waals surface area contributed by atoms with Crippen LogP contribution in [0.3, 0.4) is 0 Å². The molecule has 0 aromatic heterocycles. The molecule has 0 spiro atoms. The van der Waals surface area contributed by atoms with E-state index < -0.39 is 0 Å². The van der Waals surface area contributed by atoms with Gasteiger partial charge >= 0.3 is 0 Å². The summed E-state index contributed by atoms with van der Waals surface area (Å²) in [5.41, 5.74) is 2.98. The summed E-state index contributed by atoms with van der Waals surface area (Å²) in [4.78, 5) is 0. The van der Waals surface area contributed by atoms with Crippen LogP contribution in [-0.4, -0.2) is 4.43 Å². The van der Waals surface area contributed by atoms with E-state index in [0.717, 1.165) is 5.92 Å². The number of hydrogen-bond donors (Lipinski definition) is 0. The van der Waals surface area contributed by atoms with Gasteiger partial charge < -0.3 is 0 Å². The van der Waals surface area contributed by atoms with Crippen molar-refractivity contribution in [2.24, 2.45) is 5.92 Å². The van der Waals surface area contributed by atoms with Gasteiger partial charge in [-0.05, 0) is 54.1 Å². The van der Waals surface area contributed by atoms with Gasteiger partial charge in [-0.15, -0.1) is 0 Å². The van der Waals surface area contributed by atoms with Crippen molar-refractivity contribution in [2.75, 3.05) is 4.43 Å². The normalized spacial score (nSPS) is 12.7. The fourth-order valence-electron chi connectivity index (χ4n) is 2.10. The van der Waals surface area contributed by atoms with Gasteiger partial charge in [0.1, 0.15) is 0 Å². The molecule has 0 saturated heterocycles. The van der Waals surface area contributed by atoms with Gasteiger partial charge in [0.15, 0.2) is 0 Å². The van der Waals surface area contributed by atoms with Gasteiger partial charge in [-0.3, -0.25) is 0 Å². The zero-order valence-electron chi connectivity index (χ0n) is 10.5. The summed E-state index contributed by atoms with van der Waals surface area (Å²) in [5.74, 6) is 0.902. The van der Waals surface area contributed by atoms with Crippen molar-refractivity contribution in [3.8, 4) is 0 Å². The van der Waals surface area contributed by atoms with Crippen LogP contribution >= 0.6 is 22.6 Å². The lowest BCUT2D eigenvalue weighted by atomic mass is 9.96. The maximum absolute atomic E-state index is 2.47. The predicted molar refractivity (Wildman–Crippen MR) is 81.4 cm³/mol. The van der Waals surface area contributed by atoms with Crippen molar-refractivity contribution in [3.63, 3.8) is 0 Å². The van der Waals surface area contributed by atoms with Crippen LogP contribution in [0.4, 0.5) is 0 Å². The van der Waals surface area contributed by atoms with Crippen LogP contribution in [0.5, 0.6) is 0 Å². The Balaban J connectivity index is 2.23. The van der Waals surface area contributed by atoms with Crippen LogP contribution in [0.25, 0.3) is 0 Å². The molecule has 0 aliphatic heterocycles. The number of halogens is 1. The molecule has 0 bridgehead atoms. The maximum atomic E-state index is 2.47. The third kappa shape index (κ3) is 5.33. The van der Waals surface area contributed by atoms with E-state index in [-0.39, 0.29) is 0 Å². The first kappa shape index (κ1) is 14.0. The summed E-state index contributed by atoms with van der Waals surface area (Å²) in [7, 11) is 0. The van der Waals surface area contributed by atoms with Crippen LogP contribution in [0.1, 0.15) is 43.7 Å². The second-order valence-corrected chi connectivity index (χ2v) is 5.83. The summed E-state index contributed by atoms with van der Waals surface area (Å²) >= 11 is 2.47. The summed E-state index contributed by atoms with van der Waals surface area (Å²) in [5, 5.41) is 0. The van der Waals surface area contributed by atoms with E-state index in [1.165, 1.54) is 47.7 Å². The zero-order chi connectivity index (χ0) is 11.8. The van der Waals surface area contributed by atoms with Crippen LogP contribution in [0, 0.1) is 12.8 Å². The average Bonchev–Trinajstić information content (AvgIpc) is 2.29. The van der Waals surface area contributed by atoms with Crippen LogP contribution < -0.4 is 0 Å². The molecule has 1 aromatic carbocycles. The van der Waals surface area contributed by atoms with Gasteiger partial charge in [-0.1, -0.05) is 60.2 Å². The molecule has 1 aromatic rings. The first-order valence-corrected chi connectivity index (χ1v) is 7.87. The average molecular weight is 330 g/mol. The van der Waals surface area contributed by atoms with Crippen molar-refractivity contribution in [3.05, 3.63) is 35.4 Å². The maximum Gasteiger partial charge on any atom is -0.000463 e. The number of rotatable bonds is 7. The summed E-state index contributed by atoms with van der Waals surface area (Å²) in [6, 6.07) is 8.77. The predicted octanol–water partition coefficient (Wildman–Crippen LogP) is 5.17. The molecule has 0 heterocycles. The van der Waals surface area contributed by atoms with E-state index in [9.17, 15) is 0 Å². The Kier molecular flexibility index (Phi) is 7.10. The molecule has 90 valence electrons. The standard InChI is InChI=1S/C15H23I/c1-13(8-6-12-16)7-5-11-15-10-4-3-9-14(15)2/h3-4,9-10,13H,5-8,11-12H2,1-2H3. The molecule has 1 rings (SSSR count). The fourth-order valence-corrected chi connectivity index (χ4v) is 2.54. The topological polar surface area (TPSA) is 0 Å². The van der Waals surface area contributed by atoms with Crippen LogP contribution in [0.2, 0.25) is 0 Å². The highest BCUT2D eigenvalue weighted by molar-refractivity contribution is 14.1. The SMILES string of the molecule is Cc1ccccc1CCCC(C)CCCI. The second-order valence-electron chi connectivity index (χ2n) is 4.76. The number of aryl methyl sites for hydroxylation is 2. The van der Waals surface area contributed by atoms with Gasteiger partial charge in [-0.25, -0.2) is 0 Å². The van der Waals surface area contributed by atoms with E-state index >= 15 is 0 Å². The molecular weight excluding hydrogens is 307 g/mol. The molecule has 1 heteroatoms. The van der Waals surface area contributed by atoms with E-state index in [2.05, 4.69) is 60.7 Å². The summed E-state index contributed by atoms with van der Waals surface area (Å²) in [6.07, 6.45) is 6.75. The van der Waals surface area contributed by atoms with Crippen LogP contribution in [-0.2, 0) is 6.42 Å². The van der Waals surface area contributed by atoms with Gasteiger partial charge in [0, 0.05) is 0 Å². The first-order chi connectivity index (χ1) is 7.74. The lowest BCUT2D eigenvalue weighted by molar-refractivity contribution is 0.472. The molecular formula is C15H23I. The van der Waals surface area contributed by atoms with E-state index in [0.29, 0.717) is 0 Å². The molecule has 0 N–H and O–H groups in total. The van der Waals surface area contributed by atoms with Gasteiger partial charge in [0.2, 0.25) is 0 Å². The van der Waals surface area contributed by atoms with E-state index in [1.54, 1.807) is 0 Å². The molecule has 0 fully saturated rings. The number of hydrogen-bond acceptors (Lipinski definition) is 0. The van der Waals surface area contributed by atoms with Crippen molar-refractivity contribution < 1.29 is 0 Å². The van der Waals surface area contributed by atoms with Crippen molar-refractivity contribution in [2.45, 2.75) is 46.0 Å². The monoisotopic (exact) mass is 330 g/mol. The van der Waals surface area contributed by atoms with Crippen LogP contribution in [0.15, 0.2) is 24.3 Å². The highest BCUT2D eigenvalue weighted by atomic mass is 127. The quantitative estimate of drug-likeness (QED) is 0.478. The molecule has 0 aliphatic rings. The Labute approximate surface area is 114 Å². The fraction of sp³-hybridized carbons (Fsp3) is 0.600. The molecule has 1 unspecified atom stereocenters. The van der Waals surface area contributed by atoms with E-state index in [4.69, 9.17) is 0 Å². The highest BCUT2D eigenvalue weighted by Crippen LogP contribution is 2.17. The van der Waals surface area contributed by atoms with Crippen molar-refractivity contribution in [1.82, 2.24) is 0 Å². The lowest BCUT2D eigenvalue weighted by Gasteiger charge is -2.11. The Bertz CT molecular complexity index is 293. The summed E-state index contributed by atoms with van der Waals surface area (Å²) < 4.78 is 1.31. The second kappa shape index (κ2) is 8.10. The molecule has 1 atom stereocenters. The third-order valence-corrected chi connectivity index (χ3v) is 4.00. The Morgan fingerprint density at radius 2 is 1.81 bits per heavy atom. The number of alkyl halides is 1. The molecule has 0 radical (unpaired) electrons. The largest absolute Gasteiger partial charge is 0.0864 e. The Morgan fingerprint density at radius 3 is 2.50 bits per heavy atom. The highest BCUT2D eigenvalue weighted by Gasteiger charge is 2.02. The molecule has 0 aliphatic carbocycles. The lowest BCUT2D eigenvalue weighted by Crippen LogP contribution is -1.97. The Morgan fingerprint density at radius 1 is 1.12 bits per heavy atom. The molecule has 16 heavy (non-hydrogen) atoms. The molecule has 0 nitrogen and oxygen atoms in total. The molecule has 0 saturated carbocycles. The van der Waals surface area contributed by atoms with Crippen molar-refractivity contribution in [1.29, 1.82) is 0 Å². The van der Waals surface area contributed by atoms with Gasteiger partial charge in [0.25, 0.3) is 0 Å². The first-order valence-electron chi connectivity index (χ1n) is 6.34. The van der Waals surface area contributed by atoms with E-state index in [1.807, 2.05) is 0 Å². The minimum absolute atomic E-state index is 0.902. The van der Waals surface area contributed by atoms with Crippen molar-refractivity contribution >= 4 is 22.6 Å². The minimum atomic E-state index is 0.902. The minimum Gasteiger partial charge on any atom is -0.0864 e. The summed E-state index contributed by atoms with van der Waals surface area (Å²) in [6.45, 7) is 4.61. The number of benzene rings is 1. The third-order valence-electron chi connectivity index (χ3n) is 3.23. The Hall–Kier alpha value is -0.0500. The zero-order valence-corrected chi connectivity index (χ0v) is 12.7. The van der Waals surface area contributed by atoms with Gasteiger partial charge in [0.05, 0.1) is 0 Å². The smallest absolute Gasteiger partial charge is 0.000463 e.